The highest BCUT2D eigenvalue weighted by molar-refractivity contribution is 5.67. The average molecular weight is 189 g/mol. The van der Waals surface area contributed by atoms with Gasteiger partial charge in [-0.15, -0.1) is 0 Å². The lowest BCUT2D eigenvalue weighted by atomic mass is 10.1. The van der Waals surface area contributed by atoms with E-state index in [0.717, 1.165) is 0 Å². The Labute approximate surface area is 76.7 Å². The van der Waals surface area contributed by atoms with Crippen molar-refractivity contribution in [2.24, 2.45) is 5.92 Å². The molecule has 0 bridgehead atoms. The van der Waals surface area contributed by atoms with Crippen molar-refractivity contribution in [3.8, 4) is 0 Å². The summed E-state index contributed by atoms with van der Waals surface area (Å²) in [7, 11) is 1.30. The zero-order valence-corrected chi connectivity index (χ0v) is 7.56. The topological polar surface area (TPSA) is 78.8 Å². The van der Waals surface area contributed by atoms with Gasteiger partial charge in [0.25, 0.3) is 0 Å². The van der Waals surface area contributed by atoms with Gasteiger partial charge in [-0.05, 0) is 12.8 Å². The van der Waals surface area contributed by atoms with E-state index in [0.29, 0.717) is 12.8 Å². The van der Waals surface area contributed by atoms with Crippen LogP contribution in [0, 0.1) is 5.92 Å². The fourth-order valence-corrected chi connectivity index (χ4v) is 1.64. The summed E-state index contributed by atoms with van der Waals surface area (Å²) in [5.74, 6) is -0.123. The molecule has 0 aliphatic heterocycles. The van der Waals surface area contributed by atoms with Crippen molar-refractivity contribution >= 4 is 6.09 Å². The van der Waals surface area contributed by atoms with Crippen molar-refractivity contribution in [3.05, 3.63) is 0 Å². The van der Waals surface area contributed by atoms with Gasteiger partial charge in [0, 0.05) is 18.6 Å². The van der Waals surface area contributed by atoms with E-state index < -0.39 is 12.2 Å². The highest BCUT2D eigenvalue weighted by Crippen LogP contribution is 2.25. The van der Waals surface area contributed by atoms with Crippen LogP contribution in [-0.2, 0) is 4.74 Å². The molecule has 1 amide bonds. The first-order valence-electron chi connectivity index (χ1n) is 4.30. The fraction of sp³-hybridized carbons (Fsp3) is 0.875. The van der Waals surface area contributed by atoms with Gasteiger partial charge in [-0.1, -0.05) is 0 Å². The number of aliphatic hydroxyl groups is 2. The lowest BCUT2D eigenvalue weighted by Crippen LogP contribution is -2.33. The van der Waals surface area contributed by atoms with Crippen LogP contribution in [0.2, 0.25) is 0 Å². The number of amides is 1. The zero-order valence-electron chi connectivity index (χ0n) is 7.56. The predicted molar refractivity (Wildman–Crippen MR) is 45.1 cm³/mol. The molecule has 0 aromatic carbocycles. The van der Waals surface area contributed by atoms with E-state index in [1.807, 2.05) is 0 Å². The summed E-state index contributed by atoms with van der Waals surface area (Å²) >= 11 is 0. The molecular weight excluding hydrogens is 174 g/mol. The summed E-state index contributed by atoms with van der Waals surface area (Å²) in [5, 5.41) is 20.8. The number of ether oxygens (including phenoxy) is 1. The summed E-state index contributed by atoms with van der Waals surface area (Å²) in [6, 6.07) is -0.0837. The molecule has 1 rings (SSSR count). The Hall–Kier alpha value is -0.810. The maximum absolute atomic E-state index is 10.8. The number of carbonyl (C=O) groups excluding carboxylic acids is 1. The summed E-state index contributed by atoms with van der Waals surface area (Å²) in [4.78, 5) is 10.8. The zero-order chi connectivity index (χ0) is 9.84. The predicted octanol–water partition coefficient (Wildman–Crippen LogP) is -0.526. The molecule has 3 atom stereocenters. The lowest BCUT2D eigenvalue weighted by molar-refractivity contribution is 0.0907. The molecular formula is C8H15NO4. The Bertz CT molecular complexity index is 185. The van der Waals surface area contributed by atoms with Gasteiger partial charge >= 0.3 is 6.09 Å². The number of aliphatic hydroxyl groups excluding tert-OH is 2. The fourth-order valence-electron chi connectivity index (χ4n) is 1.64. The smallest absolute Gasteiger partial charge is 0.407 e. The minimum absolute atomic E-state index is 0.0412. The Morgan fingerprint density at radius 2 is 2.31 bits per heavy atom. The van der Waals surface area contributed by atoms with Gasteiger partial charge in [0.2, 0.25) is 0 Å². The third kappa shape index (κ3) is 2.57. The Kier molecular flexibility index (Phi) is 3.50. The molecule has 1 fully saturated rings. The summed E-state index contributed by atoms with van der Waals surface area (Å²) in [6.45, 7) is -0.0412. The Morgan fingerprint density at radius 1 is 1.62 bits per heavy atom. The summed E-state index contributed by atoms with van der Waals surface area (Å²) < 4.78 is 4.42. The molecule has 0 aromatic heterocycles. The maximum atomic E-state index is 10.8. The Balaban J connectivity index is 2.35. The van der Waals surface area contributed by atoms with Crippen LogP contribution in [0.5, 0.6) is 0 Å². The first-order valence-corrected chi connectivity index (χ1v) is 4.30. The lowest BCUT2D eigenvalue weighted by Gasteiger charge is -2.10. The molecule has 5 nitrogen and oxygen atoms in total. The first-order chi connectivity index (χ1) is 6.17. The molecule has 3 N–H and O–H groups in total. The monoisotopic (exact) mass is 189 g/mol. The second-order valence-corrected chi connectivity index (χ2v) is 3.31. The van der Waals surface area contributed by atoms with Crippen molar-refractivity contribution in [1.29, 1.82) is 0 Å². The number of methoxy groups -OCH3 is 1. The molecule has 0 heterocycles. The highest BCUT2D eigenvalue weighted by atomic mass is 16.5. The van der Waals surface area contributed by atoms with Crippen LogP contribution in [0.1, 0.15) is 12.8 Å². The maximum Gasteiger partial charge on any atom is 0.407 e. The number of alkyl carbamates (subject to hydrolysis) is 1. The minimum Gasteiger partial charge on any atom is -0.453 e. The molecule has 0 spiro atoms. The molecule has 1 saturated carbocycles. The second-order valence-electron chi connectivity index (χ2n) is 3.31. The average Bonchev–Trinajstić information content (AvgIpc) is 2.46. The molecule has 1 aliphatic rings. The standard InChI is InChI=1S/C8H15NO4/c1-13-8(12)9-6-2-5(4-10)7(11)3-6/h5-7,10-11H,2-4H2,1H3,(H,9,12). The summed E-state index contributed by atoms with van der Waals surface area (Å²) in [5.41, 5.74) is 0. The van der Waals surface area contributed by atoms with Crippen LogP contribution < -0.4 is 5.32 Å². The van der Waals surface area contributed by atoms with E-state index in [1.165, 1.54) is 7.11 Å². The normalized spacial score (nSPS) is 33.0. The second kappa shape index (κ2) is 4.43. The van der Waals surface area contributed by atoms with E-state index in [4.69, 9.17) is 5.11 Å². The van der Waals surface area contributed by atoms with E-state index in [2.05, 4.69) is 10.1 Å². The molecule has 76 valence electrons. The van der Waals surface area contributed by atoms with Gasteiger partial charge in [-0.25, -0.2) is 4.79 Å². The third-order valence-electron chi connectivity index (χ3n) is 2.40. The molecule has 1 aliphatic carbocycles. The minimum atomic E-state index is -0.521. The van der Waals surface area contributed by atoms with Gasteiger partial charge < -0.3 is 20.3 Å². The highest BCUT2D eigenvalue weighted by Gasteiger charge is 2.33. The number of nitrogens with one attached hydrogen (secondary N) is 1. The number of carbonyl (C=O) groups is 1. The third-order valence-corrected chi connectivity index (χ3v) is 2.40. The first kappa shape index (κ1) is 10.3. The van der Waals surface area contributed by atoms with Crippen LogP contribution in [0.25, 0.3) is 0 Å². The van der Waals surface area contributed by atoms with Crippen molar-refractivity contribution in [2.75, 3.05) is 13.7 Å². The van der Waals surface area contributed by atoms with Crippen LogP contribution >= 0.6 is 0 Å². The number of hydrogen-bond donors (Lipinski definition) is 3. The molecule has 0 aromatic rings. The van der Waals surface area contributed by atoms with Crippen LogP contribution in [0.4, 0.5) is 4.79 Å². The van der Waals surface area contributed by atoms with Crippen molar-refractivity contribution in [3.63, 3.8) is 0 Å². The van der Waals surface area contributed by atoms with Crippen molar-refractivity contribution in [1.82, 2.24) is 5.32 Å². The van der Waals surface area contributed by atoms with Gasteiger partial charge in [-0.2, -0.15) is 0 Å². The van der Waals surface area contributed by atoms with Crippen LogP contribution in [0.15, 0.2) is 0 Å². The Morgan fingerprint density at radius 3 is 2.77 bits per heavy atom. The van der Waals surface area contributed by atoms with E-state index >= 15 is 0 Å². The quantitative estimate of drug-likeness (QED) is 0.546. The van der Waals surface area contributed by atoms with Gasteiger partial charge in [0.1, 0.15) is 0 Å². The largest absolute Gasteiger partial charge is 0.453 e. The SMILES string of the molecule is COC(=O)NC1CC(O)C(CO)C1. The molecule has 5 heteroatoms. The summed E-state index contributed by atoms with van der Waals surface area (Å²) in [6.07, 6.45) is 0.0792. The van der Waals surface area contributed by atoms with E-state index in [-0.39, 0.29) is 18.6 Å². The van der Waals surface area contributed by atoms with E-state index in [9.17, 15) is 9.90 Å². The molecule has 0 saturated heterocycles. The number of rotatable bonds is 2. The van der Waals surface area contributed by atoms with Crippen LogP contribution in [0.3, 0.4) is 0 Å². The van der Waals surface area contributed by atoms with Gasteiger partial charge in [0.15, 0.2) is 0 Å². The molecule has 3 unspecified atom stereocenters. The molecule has 0 radical (unpaired) electrons. The molecule has 13 heavy (non-hydrogen) atoms. The van der Waals surface area contributed by atoms with Crippen LogP contribution in [-0.4, -0.2) is 42.2 Å². The van der Waals surface area contributed by atoms with Crippen molar-refractivity contribution in [2.45, 2.75) is 25.0 Å². The van der Waals surface area contributed by atoms with Gasteiger partial charge in [-0.3, -0.25) is 0 Å². The van der Waals surface area contributed by atoms with Gasteiger partial charge in [0.05, 0.1) is 13.2 Å². The van der Waals surface area contributed by atoms with E-state index in [1.54, 1.807) is 0 Å². The number of hydrogen-bond acceptors (Lipinski definition) is 4. The van der Waals surface area contributed by atoms with Crippen molar-refractivity contribution < 1.29 is 19.7 Å².